The van der Waals surface area contributed by atoms with Gasteiger partial charge < -0.3 is 19.5 Å². The zero-order chi connectivity index (χ0) is 14.0. The van der Waals surface area contributed by atoms with Gasteiger partial charge in [0.1, 0.15) is 5.60 Å². The zero-order valence-electron chi connectivity index (χ0n) is 12.1. The van der Waals surface area contributed by atoms with Crippen LogP contribution >= 0.6 is 0 Å². The van der Waals surface area contributed by atoms with Gasteiger partial charge in [-0.05, 0) is 40.0 Å². The summed E-state index contributed by atoms with van der Waals surface area (Å²) in [5, 5.41) is 10.1. The van der Waals surface area contributed by atoms with E-state index in [1.54, 1.807) is 4.90 Å². The quantitative estimate of drug-likeness (QED) is 0.790. The van der Waals surface area contributed by atoms with Crippen molar-refractivity contribution in [1.82, 2.24) is 4.90 Å². The molecular weight excluding hydrogens is 246 g/mol. The number of likely N-dealkylation sites (tertiary alicyclic amines) is 1. The second-order valence-electron chi connectivity index (χ2n) is 6.48. The van der Waals surface area contributed by atoms with Crippen LogP contribution in [0.25, 0.3) is 0 Å². The van der Waals surface area contributed by atoms with Gasteiger partial charge in [0.2, 0.25) is 0 Å². The topological polar surface area (TPSA) is 59.0 Å². The van der Waals surface area contributed by atoms with Crippen LogP contribution in [0.4, 0.5) is 4.79 Å². The molecule has 0 bridgehead atoms. The molecule has 2 saturated heterocycles. The van der Waals surface area contributed by atoms with Gasteiger partial charge in [-0.25, -0.2) is 4.79 Å². The highest BCUT2D eigenvalue weighted by Gasteiger charge is 2.40. The maximum Gasteiger partial charge on any atom is 0.410 e. The predicted molar refractivity (Wildman–Crippen MR) is 70.9 cm³/mol. The van der Waals surface area contributed by atoms with Gasteiger partial charge in [-0.1, -0.05) is 0 Å². The predicted octanol–water partition coefficient (Wildman–Crippen LogP) is 1.78. The summed E-state index contributed by atoms with van der Waals surface area (Å²) in [5.74, 6) is 0.0174. The fourth-order valence-corrected chi connectivity index (χ4v) is 2.90. The number of aliphatic hydroxyl groups excluding tert-OH is 1. The first-order valence-corrected chi connectivity index (χ1v) is 7.14. The lowest BCUT2D eigenvalue weighted by atomic mass is 9.89. The summed E-state index contributed by atoms with van der Waals surface area (Å²) in [4.78, 5) is 14.0. The Labute approximate surface area is 114 Å². The third-order valence-corrected chi connectivity index (χ3v) is 3.78. The first kappa shape index (κ1) is 14.6. The summed E-state index contributed by atoms with van der Waals surface area (Å²) in [5.41, 5.74) is -0.480. The van der Waals surface area contributed by atoms with Crippen LogP contribution in [0.2, 0.25) is 0 Å². The molecule has 5 nitrogen and oxygen atoms in total. The standard InChI is InChI=1S/C14H25NO4/c1-14(2,3)19-13(17)15-7-4-5-11(15)10-9-18-8-6-12(10)16/h10-12,16H,4-9H2,1-3H3. The first-order valence-electron chi connectivity index (χ1n) is 7.14. The maximum absolute atomic E-state index is 12.2. The van der Waals surface area contributed by atoms with Crippen LogP contribution in [-0.4, -0.2) is 53.6 Å². The molecule has 19 heavy (non-hydrogen) atoms. The van der Waals surface area contributed by atoms with Crippen molar-refractivity contribution < 1.29 is 19.4 Å². The lowest BCUT2D eigenvalue weighted by Gasteiger charge is -2.37. The number of hydrogen-bond acceptors (Lipinski definition) is 4. The van der Waals surface area contributed by atoms with Gasteiger partial charge in [0.25, 0.3) is 0 Å². The number of aliphatic hydroxyl groups is 1. The van der Waals surface area contributed by atoms with Crippen molar-refractivity contribution in [1.29, 1.82) is 0 Å². The van der Waals surface area contributed by atoms with Crippen molar-refractivity contribution in [2.75, 3.05) is 19.8 Å². The molecule has 2 rings (SSSR count). The van der Waals surface area contributed by atoms with Crippen LogP contribution in [0, 0.1) is 5.92 Å². The van der Waals surface area contributed by atoms with E-state index in [2.05, 4.69) is 0 Å². The molecule has 110 valence electrons. The summed E-state index contributed by atoms with van der Waals surface area (Å²) < 4.78 is 10.9. The molecule has 3 unspecified atom stereocenters. The van der Waals surface area contributed by atoms with E-state index in [-0.39, 0.29) is 24.2 Å². The van der Waals surface area contributed by atoms with E-state index in [0.717, 1.165) is 12.8 Å². The fraction of sp³-hybridized carbons (Fsp3) is 0.929. The summed E-state index contributed by atoms with van der Waals surface area (Å²) in [6.45, 7) is 7.46. The molecule has 1 amide bonds. The molecule has 0 spiro atoms. The van der Waals surface area contributed by atoms with E-state index < -0.39 is 5.60 Å². The molecule has 0 saturated carbocycles. The van der Waals surface area contributed by atoms with Crippen molar-refractivity contribution >= 4 is 6.09 Å². The molecule has 0 radical (unpaired) electrons. The molecule has 1 N–H and O–H groups in total. The van der Waals surface area contributed by atoms with Crippen molar-refractivity contribution in [3.05, 3.63) is 0 Å². The van der Waals surface area contributed by atoms with Gasteiger partial charge in [-0.2, -0.15) is 0 Å². The summed E-state index contributed by atoms with van der Waals surface area (Å²) >= 11 is 0. The van der Waals surface area contributed by atoms with E-state index in [1.807, 2.05) is 20.8 Å². The Balaban J connectivity index is 2.01. The highest BCUT2D eigenvalue weighted by atomic mass is 16.6. The van der Waals surface area contributed by atoms with Crippen molar-refractivity contribution in [2.45, 2.75) is 57.8 Å². The molecule has 2 fully saturated rings. The minimum atomic E-state index is -0.480. The maximum atomic E-state index is 12.2. The van der Waals surface area contributed by atoms with Gasteiger partial charge in [-0.3, -0.25) is 0 Å². The highest BCUT2D eigenvalue weighted by Crippen LogP contribution is 2.30. The molecule has 3 atom stereocenters. The Hall–Kier alpha value is -0.810. The Kier molecular flexibility index (Phi) is 4.36. The Bertz CT molecular complexity index is 326. The average Bonchev–Trinajstić information content (AvgIpc) is 2.76. The van der Waals surface area contributed by atoms with Crippen LogP contribution in [0.5, 0.6) is 0 Å². The number of carbonyl (C=O) groups excluding carboxylic acids is 1. The van der Waals surface area contributed by atoms with Gasteiger partial charge >= 0.3 is 6.09 Å². The molecule has 0 aromatic rings. The minimum absolute atomic E-state index is 0.0174. The summed E-state index contributed by atoms with van der Waals surface area (Å²) in [6.07, 6.45) is 1.90. The van der Waals surface area contributed by atoms with Gasteiger partial charge in [0.15, 0.2) is 0 Å². The smallest absolute Gasteiger partial charge is 0.410 e. The molecular formula is C14H25NO4. The zero-order valence-corrected chi connectivity index (χ0v) is 12.1. The van der Waals surface area contributed by atoms with Crippen LogP contribution in [0.3, 0.4) is 0 Å². The molecule has 0 aliphatic carbocycles. The van der Waals surface area contributed by atoms with Crippen LogP contribution < -0.4 is 0 Å². The third kappa shape index (κ3) is 3.60. The second-order valence-corrected chi connectivity index (χ2v) is 6.48. The lowest BCUT2D eigenvalue weighted by molar-refractivity contribution is -0.0644. The summed E-state index contributed by atoms with van der Waals surface area (Å²) in [6, 6.07) is 0.0464. The minimum Gasteiger partial charge on any atom is -0.444 e. The van der Waals surface area contributed by atoms with Gasteiger partial charge in [0.05, 0.1) is 12.7 Å². The fourth-order valence-electron chi connectivity index (χ4n) is 2.90. The SMILES string of the molecule is CC(C)(C)OC(=O)N1CCCC1C1COCCC1O. The molecule has 2 aliphatic heterocycles. The van der Waals surface area contributed by atoms with Crippen molar-refractivity contribution in [2.24, 2.45) is 5.92 Å². The number of carbonyl (C=O) groups is 1. The Morgan fingerprint density at radius 3 is 2.74 bits per heavy atom. The van der Waals surface area contributed by atoms with E-state index in [1.165, 1.54) is 0 Å². The van der Waals surface area contributed by atoms with Crippen molar-refractivity contribution in [3.8, 4) is 0 Å². The number of rotatable bonds is 1. The number of hydrogen-bond donors (Lipinski definition) is 1. The number of amides is 1. The summed E-state index contributed by atoms with van der Waals surface area (Å²) in [7, 11) is 0. The largest absolute Gasteiger partial charge is 0.444 e. The normalized spacial score (nSPS) is 32.4. The number of ether oxygens (including phenoxy) is 2. The molecule has 0 aromatic carbocycles. The average molecular weight is 271 g/mol. The van der Waals surface area contributed by atoms with E-state index in [9.17, 15) is 9.90 Å². The monoisotopic (exact) mass is 271 g/mol. The van der Waals surface area contributed by atoms with Gasteiger partial charge in [-0.15, -0.1) is 0 Å². The van der Waals surface area contributed by atoms with E-state index in [0.29, 0.717) is 26.2 Å². The Morgan fingerprint density at radius 2 is 2.11 bits per heavy atom. The van der Waals surface area contributed by atoms with Crippen molar-refractivity contribution in [3.63, 3.8) is 0 Å². The third-order valence-electron chi connectivity index (χ3n) is 3.78. The number of nitrogens with zero attached hydrogens (tertiary/aromatic N) is 1. The molecule has 5 heteroatoms. The van der Waals surface area contributed by atoms with Gasteiger partial charge in [0, 0.05) is 25.1 Å². The van der Waals surface area contributed by atoms with Crippen LogP contribution in [0.1, 0.15) is 40.0 Å². The van der Waals surface area contributed by atoms with E-state index >= 15 is 0 Å². The Morgan fingerprint density at radius 1 is 1.37 bits per heavy atom. The second kappa shape index (κ2) is 5.67. The lowest BCUT2D eigenvalue weighted by Crippen LogP contribution is -2.49. The highest BCUT2D eigenvalue weighted by molar-refractivity contribution is 5.69. The van der Waals surface area contributed by atoms with Crippen LogP contribution in [-0.2, 0) is 9.47 Å². The van der Waals surface area contributed by atoms with Crippen LogP contribution in [0.15, 0.2) is 0 Å². The first-order chi connectivity index (χ1) is 8.88. The molecule has 2 aliphatic rings. The molecule has 0 aromatic heterocycles. The molecule has 2 heterocycles. The van der Waals surface area contributed by atoms with E-state index in [4.69, 9.17) is 9.47 Å².